The maximum Gasteiger partial charge on any atom is 0.134 e. The van der Waals surface area contributed by atoms with E-state index in [1.54, 1.807) is 12.1 Å². The van der Waals surface area contributed by atoms with Crippen molar-refractivity contribution in [2.75, 3.05) is 0 Å². The molecule has 120 valence electrons. The second-order valence-electron chi connectivity index (χ2n) is 5.58. The van der Waals surface area contributed by atoms with Crippen molar-refractivity contribution in [3.8, 4) is 11.3 Å². The average molecular weight is 321 g/mol. The van der Waals surface area contributed by atoms with Gasteiger partial charge < -0.3 is 14.7 Å². The molecule has 5 heteroatoms. The lowest BCUT2D eigenvalue weighted by molar-refractivity contribution is 0.491. The quantitative estimate of drug-likeness (QED) is 0.578. The first-order valence-corrected chi connectivity index (χ1v) is 7.77. The summed E-state index contributed by atoms with van der Waals surface area (Å²) in [6, 6.07) is 18.0. The molecule has 4 nitrogen and oxygen atoms in total. The predicted octanol–water partition coefficient (Wildman–Crippen LogP) is 4.25. The Balaban J connectivity index is 1.38. The second kappa shape index (κ2) is 6.29. The highest BCUT2D eigenvalue weighted by Gasteiger charge is 2.06. The maximum absolute atomic E-state index is 13.0. The molecule has 2 heterocycles. The van der Waals surface area contributed by atoms with Crippen LogP contribution in [0, 0.1) is 5.82 Å². The summed E-state index contributed by atoms with van der Waals surface area (Å²) in [5, 5.41) is 3.31. The Morgan fingerprint density at radius 3 is 2.62 bits per heavy atom. The number of furan rings is 1. The second-order valence-corrected chi connectivity index (χ2v) is 5.58. The van der Waals surface area contributed by atoms with E-state index in [-0.39, 0.29) is 5.82 Å². The first kappa shape index (κ1) is 14.7. The van der Waals surface area contributed by atoms with E-state index in [4.69, 9.17) is 4.42 Å². The van der Waals surface area contributed by atoms with Gasteiger partial charge in [-0.05, 0) is 48.5 Å². The molecule has 0 bridgehead atoms. The minimum Gasteiger partial charge on any atom is -0.460 e. The van der Waals surface area contributed by atoms with Crippen LogP contribution in [0.25, 0.3) is 22.4 Å². The van der Waals surface area contributed by atoms with Crippen molar-refractivity contribution >= 4 is 11.0 Å². The van der Waals surface area contributed by atoms with E-state index in [2.05, 4.69) is 15.3 Å². The Morgan fingerprint density at radius 1 is 0.958 bits per heavy atom. The molecule has 0 fully saturated rings. The lowest BCUT2D eigenvalue weighted by Crippen LogP contribution is -2.13. The van der Waals surface area contributed by atoms with E-state index in [9.17, 15) is 4.39 Å². The highest BCUT2D eigenvalue weighted by molar-refractivity contribution is 5.74. The minimum atomic E-state index is -0.252. The third-order valence-corrected chi connectivity index (χ3v) is 3.82. The molecule has 4 aromatic rings. The summed E-state index contributed by atoms with van der Waals surface area (Å²) in [4.78, 5) is 7.80. The number of fused-ring (bicyclic) bond motifs is 1. The highest BCUT2D eigenvalue weighted by atomic mass is 19.1. The number of halogens is 1. The van der Waals surface area contributed by atoms with Gasteiger partial charge in [0.25, 0.3) is 0 Å². The summed E-state index contributed by atoms with van der Waals surface area (Å²) in [6.45, 7) is 1.22. The summed E-state index contributed by atoms with van der Waals surface area (Å²) < 4.78 is 18.8. The summed E-state index contributed by atoms with van der Waals surface area (Å²) in [5.41, 5.74) is 2.86. The van der Waals surface area contributed by atoms with Gasteiger partial charge in [-0.25, -0.2) is 9.37 Å². The van der Waals surface area contributed by atoms with E-state index in [0.717, 1.165) is 33.9 Å². The van der Waals surface area contributed by atoms with Crippen LogP contribution in [-0.4, -0.2) is 9.97 Å². The molecule has 0 radical (unpaired) electrons. The Labute approximate surface area is 138 Å². The molecule has 0 aliphatic rings. The van der Waals surface area contributed by atoms with Crippen LogP contribution in [0.3, 0.4) is 0 Å². The van der Waals surface area contributed by atoms with Gasteiger partial charge in [-0.1, -0.05) is 12.1 Å². The van der Waals surface area contributed by atoms with Crippen molar-refractivity contribution in [1.82, 2.24) is 15.3 Å². The van der Waals surface area contributed by atoms with Crippen LogP contribution < -0.4 is 5.32 Å². The summed E-state index contributed by atoms with van der Waals surface area (Å²) in [7, 11) is 0. The molecule has 0 saturated heterocycles. The van der Waals surface area contributed by atoms with Crippen molar-refractivity contribution in [3.05, 3.63) is 78.1 Å². The lowest BCUT2D eigenvalue weighted by Gasteiger charge is -2.00. The zero-order valence-electron chi connectivity index (χ0n) is 12.9. The van der Waals surface area contributed by atoms with Crippen molar-refractivity contribution in [1.29, 1.82) is 0 Å². The van der Waals surface area contributed by atoms with E-state index >= 15 is 0 Å². The lowest BCUT2D eigenvalue weighted by atomic mass is 10.2. The normalized spacial score (nSPS) is 11.2. The third kappa shape index (κ3) is 3.07. The molecule has 0 aliphatic carbocycles. The Kier molecular flexibility index (Phi) is 3.84. The Bertz CT molecular complexity index is 923. The number of nitrogens with one attached hydrogen (secondary N) is 2. The van der Waals surface area contributed by atoms with Crippen molar-refractivity contribution in [3.63, 3.8) is 0 Å². The standard InChI is InChI=1S/C19H16FN3O/c20-14-7-5-13(6-8-14)18-10-9-15(24-18)11-21-12-19-22-16-3-1-2-4-17(16)23-19/h1-10,21H,11-12H2,(H,22,23). The number of hydrogen-bond donors (Lipinski definition) is 2. The molecule has 0 unspecified atom stereocenters. The van der Waals surface area contributed by atoms with Gasteiger partial charge in [-0.3, -0.25) is 0 Å². The fourth-order valence-corrected chi connectivity index (χ4v) is 2.64. The molecular formula is C19H16FN3O. The molecule has 0 aliphatic heterocycles. The van der Waals surface area contributed by atoms with Crippen LogP contribution in [-0.2, 0) is 13.1 Å². The molecule has 0 atom stereocenters. The minimum absolute atomic E-state index is 0.252. The Hall–Kier alpha value is -2.92. The zero-order chi connectivity index (χ0) is 16.4. The number of aromatic amines is 1. The first-order valence-electron chi connectivity index (χ1n) is 7.77. The van der Waals surface area contributed by atoms with Crippen LogP contribution in [0.15, 0.2) is 65.1 Å². The van der Waals surface area contributed by atoms with Crippen LogP contribution in [0.5, 0.6) is 0 Å². The largest absolute Gasteiger partial charge is 0.460 e. The van der Waals surface area contributed by atoms with Crippen molar-refractivity contribution in [2.45, 2.75) is 13.1 Å². The van der Waals surface area contributed by atoms with Gasteiger partial charge in [0.15, 0.2) is 0 Å². The van der Waals surface area contributed by atoms with Crippen molar-refractivity contribution in [2.24, 2.45) is 0 Å². The van der Waals surface area contributed by atoms with E-state index in [0.29, 0.717) is 13.1 Å². The van der Waals surface area contributed by atoms with Gasteiger partial charge in [0.05, 0.1) is 24.1 Å². The van der Waals surface area contributed by atoms with E-state index in [1.165, 1.54) is 12.1 Å². The average Bonchev–Trinajstić information content (AvgIpc) is 3.22. The van der Waals surface area contributed by atoms with Gasteiger partial charge in [0, 0.05) is 5.56 Å². The molecular weight excluding hydrogens is 305 g/mol. The number of benzene rings is 2. The summed E-state index contributed by atoms with van der Waals surface area (Å²) in [6.07, 6.45) is 0. The molecule has 2 N–H and O–H groups in total. The maximum atomic E-state index is 13.0. The third-order valence-electron chi connectivity index (χ3n) is 3.82. The van der Waals surface area contributed by atoms with Crippen LogP contribution in [0.4, 0.5) is 4.39 Å². The monoisotopic (exact) mass is 321 g/mol. The molecule has 2 aromatic carbocycles. The number of nitrogens with zero attached hydrogens (tertiary/aromatic N) is 1. The van der Waals surface area contributed by atoms with E-state index < -0.39 is 0 Å². The van der Waals surface area contributed by atoms with Gasteiger partial charge in [0.2, 0.25) is 0 Å². The summed E-state index contributed by atoms with van der Waals surface area (Å²) in [5.74, 6) is 2.19. The van der Waals surface area contributed by atoms with Gasteiger partial charge >= 0.3 is 0 Å². The number of para-hydroxylation sites is 2. The SMILES string of the molecule is Fc1ccc(-c2ccc(CNCc3nc4ccccc4[nH]3)o2)cc1. The topological polar surface area (TPSA) is 53.9 Å². The molecule has 0 saturated carbocycles. The summed E-state index contributed by atoms with van der Waals surface area (Å²) >= 11 is 0. The number of H-pyrrole nitrogens is 1. The highest BCUT2D eigenvalue weighted by Crippen LogP contribution is 2.22. The van der Waals surface area contributed by atoms with Gasteiger partial charge in [-0.2, -0.15) is 0 Å². The van der Waals surface area contributed by atoms with Crippen molar-refractivity contribution < 1.29 is 8.81 Å². The molecule has 0 amide bonds. The first-order chi connectivity index (χ1) is 11.8. The fourth-order valence-electron chi connectivity index (χ4n) is 2.64. The molecule has 0 spiro atoms. The van der Waals surface area contributed by atoms with Crippen LogP contribution in [0.2, 0.25) is 0 Å². The number of imidazole rings is 1. The van der Waals surface area contributed by atoms with Crippen LogP contribution in [0.1, 0.15) is 11.6 Å². The Morgan fingerprint density at radius 2 is 1.79 bits per heavy atom. The molecule has 4 rings (SSSR count). The van der Waals surface area contributed by atoms with Gasteiger partial charge in [0.1, 0.15) is 23.2 Å². The smallest absolute Gasteiger partial charge is 0.134 e. The van der Waals surface area contributed by atoms with E-state index in [1.807, 2.05) is 36.4 Å². The van der Waals surface area contributed by atoms with Crippen LogP contribution >= 0.6 is 0 Å². The zero-order valence-corrected chi connectivity index (χ0v) is 12.9. The molecule has 2 aromatic heterocycles. The fraction of sp³-hybridized carbons (Fsp3) is 0.105. The molecule has 24 heavy (non-hydrogen) atoms. The van der Waals surface area contributed by atoms with Gasteiger partial charge in [-0.15, -0.1) is 0 Å². The number of aromatic nitrogens is 2. The number of hydrogen-bond acceptors (Lipinski definition) is 3. The predicted molar refractivity (Wildman–Crippen MR) is 90.7 cm³/mol. The number of rotatable bonds is 5.